The molecule has 0 amide bonds. The summed E-state index contributed by atoms with van der Waals surface area (Å²) in [5.41, 5.74) is 2.99. The standard InChI is InChI=1S/C14H15BrN2O3/c1-3-10-7-13(20-8-14(18)19)16-17(10)11-4-5-12(15)9(2)6-11/h4-7H,3,8H2,1-2H3,(H,18,19). The summed E-state index contributed by atoms with van der Waals surface area (Å²) in [5.74, 6) is -0.693. The highest BCUT2D eigenvalue weighted by atomic mass is 79.9. The minimum Gasteiger partial charge on any atom is -0.479 e. The number of halogens is 1. The van der Waals surface area contributed by atoms with E-state index < -0.39 is 5.97 Å². The maximum Gasteiger partial charge on any atom is 0.341 e. The van der Waals surface area contributed by atoms with Crippen LogP contribution in [0.5, 0.6) is 5.88 Å². The van der Waals surface area contributed by atoms with Gasteiger partial charge in [0.2, 0.25) is 5.88 Å². The van der Waals surface area contributed by atoms with E-state index in [2.05, 4.69) is 21.0 Å². The number of benzene rings is 1. The quantitative estimate of drug-likeness (QED) is 0.910. The zero-order chi connectivity index (χ0) is 14.7. The summed E-state index contributed by atoms with van der Waals surface area (Å²) in [6, 6.07) is 7.69. The Hall–Kier alpha value is -1.82. The highest BCUT2D eigenvalue weighted by molar-refractivity contribution is 9.10. The second-order valence-corrected chi connectivity index (χ2v) is 5.21. The maximum atomic E-state index is 10.5. The van der Waals surface area contributed by atoms with E-state index in [1.165, 1.54) is 0 Å². The van der Waals surface area contributed by atoms with Crippen LogP contribution in [0.1, 0.15) is 18.2 Å². The molecule has 20 heavy (non-hydrogen) atoms. The van der Waals surface area contributed by atoms with E-state index in [1.807, 2.05) is 32.0 Å². The van der Waals surface area contributed by atoms with Gasteiger partial charge in [0.15, 0.2) is 6.61 Å². The fraction of sp³-hybridized carbons (Fsp3) is 0.286. The molecule has 0 radical (unpaired) electrons. The highest BCUT2D eigenvalue weighted by Crippen LogP contribution is 2.22. The Labute approximate surface area is 125 Å². The van der Waals surface area contributed by atoms with Gasteiger partial charge in [-0.3, -0.25) is 0 Å². The van der Waals surface area contributed by atoms with Crippen LogP contribution >= 0.6 is 15.9 Å². The summed E-state index contributed by atoms with van der Waals surface area (Å²) in [7, 11) is 0. The first-order chi connectivity index (χ1) is 9.51. The summed E-state index contributed by atoms with van der Waals surface area (Å²) in [6.45, 7) is 3.63. The number of nitrogens with zero attached hydrogens (tertiary/aromatic N) is 2. The minimum absolute atomic E-state index is 0.324. The van der Waals surface area contributed by atoms with Gasteiger partial charge in [-0.2, -0.15) is 0 Å². The molecule has 1 aromatic carbocycles. The van der Waals surface area contributed by atoms with Gasteiger partial charge in [0, 0.05) is 16.2 Å². The van der Waals surface area contributed by atoms with Crippen molar-refractivity contribution >= 4 is 21.9 Å². The fourth-order valence-electron chi connectivity index (χ4n) is 1.84. The number of aliphatic carboxylic acids is 1. The Morgan fingerprint density at radius 1 is 1.45 bits per heavy atom. The molecule has 106 valence electrons. The third-order valence-corrected chi connectivity index (χ3v) is 3.74. The predicted octanol–water partition coefficient (Wildman–Crippen LogP) is 2.97. The first-order valence-electron chi connectivity index (χ1n) is 6.21. The number of hydrogen-bond acceptors (Lipinski definition) is 3. The topological polar surface area (TPSA) is 64.3 Å². The average molecular weight is 339 g/mol. The van der Waals surface area contributed by atoms with E-state index in [0.29, 0.717) is 5.88 Å². The zero-order valence-electron chi connectivity index (χ0n) is 11.3. The van der Waals surface area contributed by atoms with Crippen molar-refractivity contribution in [1.82, 2.24) is 9.78 Å². The van der Waals surface area contributed by atoms with Gasteiger partial charge in [0.05, 0.1) is 5.69 Å². The van der Waals surface area contributed by atoms with Crippen LogP contribution in [-0.2, 0) is 11.2 Å². The summed E-state index contributed by atoms with van der Waals surface area (Å²) < 4.78 is 7.94. The second kappa shape index (κ2) is 6.09. The SMILES string of the molecule is CCc1cc(OCC(=O)O)nn1-c1ccc(Br)c(C)c1. The van der Waals surface area contributed by atoms with Crippen LogP contribution in [0.15, 0.2) is 28.7 Å². The van der Waals surface area contributed by atoms with Crippen molar-refractivity contribution in [3.63, 3.8) is 0 Å². The third kappa shape index (κ3) is 3.19. The van der Waals surface area contributed by atoms with Gasteiger partial charge in [0.1, 0.15) is 0 Å². The Morgan fingerprint density at radius 3 is 2.80 bits per heavy atom. The lowest BCUT2D eigenvalue weighted by molar-refractivity contribution is -0.139. The first-order valence-corrected chi connectivity index (χ1v) is 7.00. The van der Waals surface area contributed by atoms with Gasteiger partial charge >= 0.3 is 5.97 Å². The predicted molar refractivity (Wildman–Crippen MR) is 78.5 cm³/mol. The van der Waals surface area contributed by atoms with Crippen molar-refractivity contribution in [2.45, 2.75) is 20.3 Å². The minimum atomic E-state index is -1.02. The van der Waals surface area contributed by atoms with E-state index in [4.69, 9.17) is 9.84 Å². The molecule has 1 aromatic heterocycles. The normalized spacial score (nSPS) is 10.6. The number of aryl methyl sites for hydroxylation is 2. The van der Waals surface area contributed by atoms with E-state index in [9.17, 15) is 4.79 Å². The molecule has 0 bridgehead atoms. The summed E-state index contributed by atoms with van der Waals surface area (Å²) in [6.07, 6.45) is 0.776. The lowest BCUT2D eigenvalue weighted by atomic mass is 10.2. The number of aromatic nitrogens is 2. The van der Waals surface area contributed by atoms with Crippen LogP contribution in [0.3, 0.4) is 0 Å². The van der Waals surface area contributed by atoms with Crippen molar-refractivity contribution in [3.05, 3.63) is 40.0 Å². The van der Waals surface area contributed by atoms with E-state index in [1.54, 1.807) is 10.7 Å². The largest absolute Gasteiger partial charge is 0.479 e. The Bertz CT molecular complexity index is 637. The molecule has 0 fully saturated rings. The van der Waals surface area contributed by atoms with E-state index >= 15 is 0 Å². The smallest absolute Gasteiger partial charge is 0.341 e. The summed E-state index contributed by atoms with van der Waals surface area (Å²) in [5, 5.41) is 12.9. The van der Waals surface area contributed by atoms with Crippen molar-refractivity contribution in [2.75, 3.05) is 6.61 Å². The molecule has 5 nitrogen and oxygen atoms in total. The average Bonchev–Trinajstić information content (AvgIpc) is 2.83. The molecular weight excluding hydrogens is 324 g/mol. The molecule has 0 aliphatic heterocycles. The van der Waals surface area contributed by atoms with Gasteiger partial charge in [-0.1, -0.05) is 22.9 Å². The van der Waals surface area contributed by atoms with Gasteiger partial charge < -0.3 is 9.84 Å². The van der Waals surface area contributed by atoms with Crippen LogP contribution in [0.25, 0.3) is 5.69 Å². The number of carboxylic acids is 1. The number of hydrogen-bond donors (Lipinski definition) is 1. The van der Waals surface area contributed by atoms with Crippen LogP contribution in [0, 0.1) is 6.92 Å². The molecule has 0 aliphatic rings. The molecule has 1 heterocycles. The number of carbonyl (C=O) groups is 1. The third-order valence-electron chi connectivity index (χ3n) is 2.85. The zero-order valence-corrected chi connectivity index (χ0v) is 12.8. The van der Waals surface area contributed by atoms with Crippen LogP contribution < -0.4 is 4.74 Å². The molecule has 0 saturated heterocycles. The molecule has 0 aliphatic carbocycles. The number of carboxylic acid groups (broad SMARTS) is 1. The van der Waals surface area contributed by atoms with Gasteiger partial charge in [-0.25, -0.2) is 9.48 Å². The van der Waals surface area contributed by atoms with Crippen LogP contribution in [0.2, 0.25) is 0 Å². The molecular formula is C14H15BrN2O3. The highest BCUT2D eigenvalue weighted by Gasteiger charge is 2.11. The molecule has 0 unspecified atom stereocenters. The van der Waals surface area contributed by atoms with Crippen molar-refractivity contribution < 1.29 is 14.6 Å². The Balaban J connectivity index is 2.34. The lowest BCUT2D eigenvalue weighted by Gasteiger charge is -2.07. The molecule has 0 atom stereocenters. The van der Waals surface area contributed by atoms with Gasteiger partial charge in [-0.05, 0) is 37.1 Å². The van der Waals surface area contributed by atoms with Gasteiger partial charge in [0.25, 0.3) is 0 Å². The van der Waals surface area contributed by atoms with E-state index in [0.717, 1.165) is 27.8 Å². The number of rotatable bonds is 5. The summed E-state index contributed by atoms with van der Waals surface area (Å²) >= 11 is 3.46. The van der Waals surface area contributed by atoms with Crippen LogP contribution in [0.4, 0.5) is 0 Å². The molecule has 6 heteroatoms. The summed E-state index contributed by atoms with van der Waals surface area (Å²) in [4.78, 5) is 10.5. The molecule has 2 aromatic rings. The van der Waals surface area contributed by atoms with Crippen molar-refractivity contribution in [3.8, 4) is 11.6 Å². The molecule has 0 spiro atoms. The molecule has 1 N–H and O–H groups in total. The fourth-order valence-corrected chi connectivity index (χ4v) is 2.08. The van der Waals surface area contributed by atoms with E-state index in [-0.39, 0.29) is 6.61 Å². The monoisotopic (exact) mass is 338 g/mol. The molecule has 2 rings (SSSR count). The molecule has 0 saturated carbocycles. The lowest BCUT2D eigenvalue weighted by Crippen LogP contribution is -2.10. The first kappa shape index (κ1) is 14.6. The van der Waals surface area contributed by atoms with Crippen LogP contribution in [-0.4, -0.2) is 27.5 Å². The Kier molecular flexibility index (Phi) is 4.44. The van der Waals surface area contributed by atoms with Crippen molar-refractivity contribution in [2.24, 2.45) is 0 Å². The maximum absolute atomic E-state index is 10.5. The second-order valence-electron chi connectivity index (χ2n) is 4.36. The van der Waals surface area contributed by atoms with Gasteiger partial charge in [-0.15, -0.1) is 5.10 Å². The number of ether oxygens (including phenoxy) is 1. The van der Waals surface area contributed by atoms with Crippen molar-refractivity contribution in [1.29, 1.82) is 0 Å². The Morgan fingerprint density at radius 2 is 2.20 bits per heavy atom.